The fraction of sp³-hybridized carbons (Fsp3) is 1.00. The summed E-state index contributed by atoms with van der Waals surface area (Å²) in [6.45, 7) is 6.04. The van der Waals surface area contributed by atoms with Crippen molar-refractivity contribution in [2.75, 3.05) is 45.5 Å². The third-order valence-corrected chi connectivity index (χ3v) is 6.43. The van der Waals surface area contributed by atoms with Crippen molar-refractivity contribution in [3.05, 3.63) is 0 Å². The molecule has 118 valence electrons. The molecule has 2 unspecified atom stereocenters. The first-order chi connectivity index (χ1) is 9.50. The highest BCUT2D eigenvalue weighted by molar-refractivity contribution is 7.91. The Balaban J connectivity index is 1.90. The van der Waals surface area contributed by atoms with Crippen LogP contribution in [0.3, 0.4) is 0 Å². The number of hydrogen-bond acceptors (Lipinski definition) is 5. The number of rotatable bonds is 4. The fourth-order valence-corrected chi connectivity index (χ4v) is 4.77. The first-order valence-electron chi connectivity index (χ1n) is 7.86. The molecule has 0 amide bonds. The van der Waals surface area contributed by atoms with Crippen LogP contribution in [0.2, 0.25) is 0 Å². The molecule has 20 heavy (non-hydrogen) atoms. The van der Waals surface area contributed by atoms with Gasteiger partial charge in [0.1, 0.15) is 9.84 Å². The van der Waals surface area contributed by atoms with Crippen LogP contribution in [0.25, 0.3) is 0 Å². The summed E-state index contributed by atoms with van der Waals surface area (Å²) in [5.41, 5.74) is 5.63. The van der Waals surface area contributed by atoms with E-state index >= 15 is 0 Å². The second-order valence-corrected chi connectivity index (χ2v) is 8.62. The predicted octanol–water partition coefficient (Wildman–Crippen LogP) is 0.309. The largest absolute Gasteiger partial charge is 0.329 e. The third-order valence-electron chi connectivity index (χ3n) is 4.79. The molecule has 0 radical (unpaired) electrons. The van der Waals surface area contributed by atoms with Crippen LogP contribution in [-0.2, 0) is 9.84 Å². The molecule has 5 nitrogen and oxygen atoms in total. The van der Waals surface area contributed by atoms with Crippen molar-refractivity contribution >= 4 is 9.84 Å². The van der Waals surface area contributed by atoms with Crippen LogP contribution in [0.15, 0.2) is 0 Å². The van der Waals surface area contributed by atoms with Gasteiger partial charge in [0.2, 0.25) is 0 Å². The van der Waals surface area contributed by atoms with Crippen LogP contribution in [0.5, 0.6) is 0 Å². The van der Waals surface area contributed by atoms with Crippen molar-refractivity contribution in [3.8, 4) is 0 Å². The molecule has 2 rings (SSSR count). The van der Waals surface area contributed by atoms with Gasteiger partial charge in [-0.3, -0.25) is 4.90 Å². The van der Waals surface area contributed by atoms with E-state index in [4.69, 9.17) is 5.73 Å². The summed E-state index contributed by atoms with van der Waals surface area (Å²) < 4.78 is 23.6. The van der Waals surface area contributed by atoms with Crippen LogP contribution >= 0.6 is 0 Å². The van der Waals surface area contributed by atoms with Gasteiger partial charge in [0.15, 0.2) is 0 Å². The van der Waals surface area contributed by atoms with Gasteiger partial charge in [-0.25, -0.2) is 8.42 Å². The molecule has 1 aliphatic heterocycles. The van der Waals surface area contributed by atoms with Crippen molar-refractivity contribution in [2.45, 2.75) is 43.4 Å². The zero-order valence-electron chi connectivity index (χ0n) is 12.6. The third kappa shape index (κ3) is 4.41. The van der Waals surface area contributed by atoms with Gasteiger partial charge in [0.05, 0.1) is 5.25 Å². The van der Waals surface area contributed by atoms with Crippen molar-refractivity contribution < 1.29 is 8.42 Å². The average molecular weight is 303 g/mol. The molecular weight excluding hydrogens is 274 g/mol. The van der Waals surface area contributed by atoms with Gasteiger partial charge in [0, 0.05) is 38.5 Å². The summed E-state index contributed by atoms with van der Waals surface area (Å²) in [5.74, 6) is 0. The Morgan fingerprint density at radius 1 is 1.10 bits per heavy atom. The summed E-state index contributed by atoms with van der Waals surface area (Å²) in [6.07, 6.45) is 6.44. The molecule has 0 aromatic rings. The van der Waals surface area contributed by atoms with E-state index in [2.05, 4.69) is 9.80 Å². The maximum atomic E-state index is 11.8. The Morgan fingerprint density at radius 2 is 1.90 bits per heavy atom. The lowest BCUT2D eigenvalue weighted by atomic mass is 9.93. The molecule has 2 atom stereocenters. The summed E-state index contributed by atoms with van der Waals surface area (Å²) in [4.78, 5) is 4.95. The summed E-state index contributed by atoms with van der Waals surface area (Å²) in [6, 6.07) is 0.460. The van der Waals surface area contributed by atoms with Crippen LogP contribution < -0.4 is 5.73 Å². The van der Waals surface area contributed by atoms with Crippen LogP contribution in [0, 0.1) is 0 Å². The van der Waals surface area contributed by atoms with E-state index in [1.165, 1.54) is 12.7 Å². The zero-order valence-corrected chi connectivity index (χ0v) is 13.4. The lowest BCUT2D eigenvalue weighted by Gasteiger charge is -2.36. The zero-order chi connectivity index (χ0) is 14.6. The Labute approximate surface area is 123 Å². The molecular formula is C14H29N3O2S. The van der Waals surface area contributed by atoms with Gasteiger partial charge in [0.25, 0.3) is 0 Å². The molecule has 1 aliphatic carbocycles. The first kappa shape index (κ1) is 16.2. The summed E-state index contributed by atoms with van der Waals surface area (Å²) in [5, 5.41) is -0.121. The van der Waals surface area contributed by atoms with E-state index in [0.29, 0.717) is 6.04 Å². The van der Waals surface area contributed by atoms with Crippen molar-refractivity contribution in [2.24, 2.45) is 5.73 Å². The standard InChI is InChI=1S/C14H29N3O2S/c1-20(18,19)14-5-2-4-13(12-14)17-8-3-7-16(9-6-15)10-11-17/h13-14H,2-12,15H2,1H3. The topological polar surface area (TPSA) is 66.6 Å². The highest BCUT2D eigenvalue weighted by atomic mass is 32.2. The van der Waals surface area contributed by atoms with E-state index < -0.39 is 9.84 Å². The molecule has 1 saturated carbocycles. The van der Waals surface area contributed by atoms with Crippen LogP contribution in [0.1, 0.15) is 32.1 Å². The molecule has 0 aromatic heterocycles. The molecule has 0 bridgehead atoms. The Hall–Kier alpha value is -0.170. The molecule has 0 spiro atoms. The van der Waals surface area contributed by atoms with Gasteiger partial charge in [-0.05, 0) is 38.8 Å². The molecule has 0 aromatic carbocycles. The second-order valence-electron chi connectivity index (χ2n) is 6.29. The minimum Gasteiger partial charge on any atom is -0.329 e. The normalized spacial score (nSPS) is 31.1. The molecule has 1 saturated heterocycles. The molecule has 2 N–H and O–H groups in total. The Morgan fingerprint density at radius 3 is 2.60 bits per heavy atom. The summed E-state index contributed by atoms with van der Waals surface area (Å²) >= 11 is 0. The SMILES string of the molecule is CS(=O)(=O)C1CCCC(N2CCCN(CCN)CC2)C1. The molecule has 2 aliphatic rings. The van der Waals surface area contributed by atoms with Gasteiger partial charge >= 0.3 is 0 Å². The number of sulfone groups is 1. The molecule has 6 heteroatoms. The maximum Gasteiger partial charge on any atom is 0.150 e. The first-order valence-corrected chi connectivity index (χ1v) is 9.81. The van der Waals surface area contributed by atoms with E-state index in [0.717, 1.165) is 65.0 Å². The van der Waals surface area contributed by atoms with Crippen LogP contribution in [-0.4, -0.2) is 75.0 Å². The van der Waals surface area contributed by atoms with E-state index in [1.54, 1.807) is 0 Å². The minimum absolute atomic E-state index is 0.121. The highest BCUT2D eigenvalue weighted by Crippen LogP contribution is 2.27. The van der Waals surface area contributed by atoms with Crippen molar-refractivity contribution in [3.63, 3.8) is 0 Å². The molecule has 1 heterocycles. The van der Waals surface area contributed by atoms with Gasteiger partial charge in [-0.1, -0.05) is 6.42 Å². The smallest absolute Gasteiger partial charge is 0.150 e. The lowest BCUT2D eigenvalue weighted by molar-refractivity contribution is 0.160. The maximum absolute atomic E-state index is 11.8. The van der Waals surface area contributed by atoms with Gasteiger partial charge in [-0.2, -0.15) is 0 Å². The number of nitrogens with zero attached hydrogens (tertiary/aromatic N) is 2. The van der Waals surface area contributed by atoms with E-state index in [1.807, 2.05) is 0 Å². The van der Waals surface area contributed by atoms with Crippen molar-refractivity contribution in [1.82, 2.24) is 9.80 Å². The molecule has 2 fully saturated rings. The van der Waals surface area contributed by atoms with E-state index in [-0.39, 0.29) is 5.25 Å². The minimum atomic E-state index is -2.88. The Kier molecular flexibility index (Phi) is 5.84. The highest BCUT2D eigenvalue weighted by Gasteiger charge is 2.32. The van der Waals surface area contributed by atoms with E-state index in [9.17, 15) is 8.42 Å². The Bertz CT molecular complexity index is 399. The summed E-state index contributed by atoms with van der Waals surface area (Å²) in [7, 11) is -2.88. The average Bonchev–Trinajstić information content (AvgIpc) is 2.64. The number of nitrogens with two attached hydrogens (primary N) is 1. The monoisotopic (exact) mass is 303 g/mol. The quantitative estimate of drug-likeness (QED) is 0.809. The second kappa shape index (κ2) is 7.20. The fourth-order valence-electron chi connectivity index (χ4n) is 3.60. The van der Waals surface area contributed by atoms with Gasteiger partial charge < -0.3 is 10.6 Å². The number of hydrogen-bond donors (Lipinski definition) is 1. The van der Waals surface area contributed by atoms with Crippen LogP contribution in [0.4, 0.5) is 0 Å². The van der Waals surface area contributed by atoms with Gasteiger partial charge in [-0.15, -0.1) is 0 Å². The predicted molar refractivity (Wildman–Crippen MR) is 82.6 cm³/mol. The lowest BCUT2D eigenvalue weighted by Crippen LogP contribution is -2.44. The van der Waals surface area contributed by atoms with Crippen molar-refractivity contribution in [1.29, 1.82) is 0 Å².